The monoisotopic (exact) mass is 293 g/mol. The number of aliphatic hydroxyl groups excluding tert-OH is 1. The smallest absolute Gasteiger partial charge is 0.187 e. The van der Waals surface area contributed by atoms with Crippen molar-refractivity contribution in [2.45, 2.75) is 43.8 Å². The van der Waals surface area contributed by atoms with Crippen molar-refractivity contribution in [3.8, 4) is 0 Å². The highest BCUT2D eigenvalue weighted by molar-refractivity contribution is 5.37. The van der Waals surface area contributed by atoms with E-state index < -0.39 is 28.8 Å². The highest BCUT2D eigenvalue weighted by atomic mass is 16.6. The van der Waals surface area contributed by atoms with E-state index in [1.165, 1.54) is 0 Å². The normalized spacial score (nSPS) is 42.2. The van der Waals surface area contributed by atoms with E-state index in [4.69, 9.17) is 10.5 Å². The van der Waals surface area contributed by atoms with Crippen LogP contribution in [-0.4, -0.2) is 45.5 Å². The first-order chi connectivity index (χ1) is 9.76. The summed E-state index contributed by atoms with van der Waals surface area (Å²) in [7, 11) is 0. The van der Waals surface area contributed by atoms with E-state index in [0.29, 0.717) is 6.42 Å². The Morgan fingerprint density at radius 1 is 1.24 bits per heavy atom. The average molecular weight is 293 g/mol. The molecule has 5 heteroatoms. The molecule has 1 aliphatic heterocycles. The van der Waals surface area contributed by atoms with Gasteiger partial charge in [-0.3, -0.25) is 0 Å². The summed E-state index contributed by atoms with van der Waals surface area (Å²) in [5.41, 5.74) is 3.41. The first-order valence-electron chi connectivity index (χ1n) is 7.30. The summed E-state index contributed by atoms with van der Waals surface area (Å²) in [6.45, 7) is 3.59. The van der Waals surface area contributed by atoms with Crippen LogP contribution in [0.2, 0.25) is 0 Å². The molecule has 1 saturated carbocycles. The maximum absolute atomic E-state index is 10.9. The van der Waals surface area contributed by atoms with Crippen LogP contribution in [0.15, 0.2) is 30.3 Å². The van der Waals surface area contributed by atoms with E-state index in [1.807, 2.05) is 30.3 Å². The molecule has 2 fully saturated rings. The van der Waals surface area contributed by atoms with Crippen LogP contribution in [-0.2, 0) is 11.2 Å². The number of rotatable bonds is 3. The molecule has 0 radical (unpaired) electrons. The Kier molecular flexibility index (Phi) is 3.21. The molecule has 1 aromatic rings. The molecule has 1 aromatic carbocycles. The Morgan fingerprint density at radius 3 is 2.48 bits per heavy atom. The third-order valence-electron chi connectivity index (χ3n) is 5.58. The molecule has 0 amide bonds. The topological polar surface area (TPSA) is 95.9 Å². The molecule has 0 bridgehead atoms. The lowest BCUT2D eigenvalue weighted by atomic mass is 9.83. The Morgan fingerprint density at radius 2 is 1.86 bits per heavy atom. The standard InChI is InChI=1S/C16H23NO4/c1-14(2)15(19)11(9-21-13(18)16(14,15)20)12(17)8-10-6-4-3-5-7-10/h3-7,11-13,18-20H,8-9,17H2,1-2H3/t11-,12?,13?,15+,16+/m1/s1. The molecule has 2 aliphatic rings. The predicted molar refractivity (Wildman–Crippen MR) is 77.3 cm³/mol. The third-order valence-corrected chi connectivity index (χ3v) is 5.58. The van der Waals surface area contributed by atoms with Gasteiger partial charge in [0.1, 0.15) is 5.60 Å². The van der Waals surface area contributed by atoms with Crippen LogP contribution in [0.4, 0.5) is 0 Å². The van der Waals surface area contributed by atoms with E-state index in [-0.39, 0.29) is 12.6 Å². The van der Waals surface area contributed by atoms with Crippen molar-refractivity contribution >= 4 is 0 Å². The summed E-state index contributed by atoms with van der Waals surface area (Å²) in [5, 5.41) is 31.4. The van der Waals surface area contributed by atoms with E-state index in [2.05, 4.69) is 0 Å². The van der Waals surface area contributed by atoms with Crippen LogP contribution in [0.5, 0.6) is 0 Å². The zero-order chi connectivity index (χ0) is 15.5. The van der Waals surface area contributed by atoms with Crippen molar-refractivity contribution in [2.75, 3.05) is 6.61 Å². The summed E-state index contributed by atoms with van der Waals surface area (Å²) in [6, 6.07) is 9.41. The summed E-state index contributed by atoms with van der Waals surface area (Å²) in [6.07, 6.45) is -0.794. The number of ether oxygens (including phenoxy) is 1. The van der Waals surface area contributed by atoms with E-state index in [9.17, 15) is 15.3 Å². The molecule has 5 atom stereocenters. The van der Waals surface area contributed by atoms with Crippen molar-refractivity contribution in [1.29, 1.82) is 0 Å². The van der Waals surface area contributed by atoms with Crippen molar-refractivity contribution in [1.82, 2.24) is 0 Å². The number of hydrogen-bond acceptors (Lipinski definition) is 5. The van der Waals surface area contributed by atoms with E-state index >= 15 is 0 Å². The van der Waals surface area contributed by atoms with Gasteiger partial charge < -0.3 is 25.8 Å². The molecule has 0 aromatic heterocycles. The third kappa shape index (κ3) is 1.69. The summed E-state index contributed by atoms with van der Waals surface area (Å²) in [4.78, 5) is 0. The van der Waals surface area contributed by atoms with Crippen molar-refractivity contribution in [3.63, 3.8) is 0 Å². The lowest BCUT2D eigenvalue weighted by Crippen LogP contribution is -2.55. The fourth-order valence-electron chi connectivity index (χ4n) is 4.04. The Bertz CT molecular complexity index is 534. The summed E-state index contributed by atoms with van der Waals surface area (Å²) in [5.74, 6) is -0.430. The number of benzene rings is 1. The second-order valence-electron chi connectivity index (χ2n) is 6.80. The molecule has 5 nitrogen and oxygen atoms in total. The lowest BCUT2D eigenvalue weighted by Gasteiger charge is -2.37. The molecule has 0 spiro atoms. The SMILES string of the molecule is CC1(C)[C@@]2(O)C(O)OC[C@H](C(N)Cc3ccccc3)[C@]12O. The quantitative estimate of drug-likeness (QED) is 0.630. The van der Waals surface area contributed by atoms with Gasteiger partial charge >= 0.3 is 0 Å². The zero-order valence-corrected chi connectivity index (χ0v) is 12.4. The average Bonchev–Trinajstić information content (AvgIpc) is 2.81. The Balaban J connectivity index is 1.83. The van der Waals surface area contributed by atoms with Gasteiger partial charge in [-0.2, -0.15) is 0 Å². The minimum Gasteiger partial charge on any atom is -0.386 e. The van der Waals surface area contributed by atoms with Gasteiger partial charge in [0.25, 0.3) is 0 Å². The molecule has 1 saturated heterocycles. The highest BCUT2D eigenvalue weighted by Crippen LogP contribution is 2.71. The first-order valence-corrected chi connectivity index (χ1v) is 7.30. The molecule has 21 heavy (non-hydrogen) atoms. The molecule has 1 heterocycles. The fraction of sp³-hybridized carbons (Fsp3) is 0.625. The molecule has 116 valence electrons. The molecular weight excluding hydrogens is 270 g/mol. The molecule has 1 aliphatic carbocycles. The number of aliphatic hydroxyl groups is 3. The Hall–Kier alpha value is -0.980. The van der Waals surface area contributed by atoms with Crippen LogP contribution in [0.25, 0.3) is 0 Å². The van der Waals surface area contributed by atoms with Crippen LogP contribution in [0.1, 0.15) is 19.4 Å². The number of fused-ring (bicyclic) bond motifs is 1. The van der Waals surface area contributed by atoms with Gasteiger partial charge in [-0.15, -0.1) is 0 Å². The van der Waals surface area contributed by atoms with Gasteiger partial charge in [0.2, 0.25) is 0 Å². The number of hydrogen-bond donors (Lipinski definition) is 4. The highest BCUT2D eigenvalue weighted by Gasteiger charge is 2.89. The minimum absolute atomic E-state index is 0.136. The first kappa shape index (κ1) is 14.9. The number of nitrogens with two attached hydrogens (primary N) is 1. The van der Waals surface area contributed by atoms with Crippen molar-refractivity contribution in [2.24, 2.45) is 17.1 Å². The van der Waals surface area contributed by atoms with Crippen LogP contribution >= 0.6 is 0 Å². The van der Waals surface area contributed by atoms with Crippen LogP contribution in [0.3, 0.4) is 0 Å². The van der Waals surface area contributed by atoms with E-state index in [1.54, 1.807) is 13.8 Å². The van der Waals surface area contributed by atoms with E-state index in [0.717, 1.165) is 5.56 Å². The molecule has 5 N–H and O–H groups in total. The van der Waals surface area contributed by atoms with Crippen LogP contribution in [0, 0.1) is 11.3 Å². The molecular formula is C16H23NO4. The molecule has 2 unspecified atom stereocenters. The van der Waals surface area contributed by atoms with Gasteiger partial charge in [-0.25, -0.2) is 0 Å². The largest absolute Gasteiger partial charge is 0.386 e. The fourth-order valence-corrected chi connectivity index (χ4v) is 4.04. The summed E-state index contributed by atoms with van der Waals surface area (Å²) < 4.78 is 5.27. The van der Waals surface area contributed by atoms with Crippen molar-refractivity contribution < 1.29 is 20.1 Å². The Labute approximate surface area is 124 Å². The predicted octanol–water partition coefficient (Wildman–Crippen LogP) is 0.0232. The van der Waals surface area contributed by atoms with Gasteiger partial charge in [-0.1, -0.05) is 44.2 Å². The van der Waals surface area contributed by atoms with Crippen LogP contribution < -0.4 is 5.73 Å². The van der Waals surface area contributed by atoms with Gasteiger partial charge in [0, 0.05) is 17.4 Å². The maximum atomic E-state index is 10.9. The minimum atomic E-state index is -1.66. The summed E-state index contributed by atoms with van der Waals surface area (Å²) >= 11 is 0. The second kappa shape index (κ2) is 4.51. The van der Waals surface area contributed by atoms with Gasteiger partial charge in [0.05, 0.1) is 6.61 Å². The zero-order valence-electron chi connectivity index (χ0n) is 12.4. The second-order valence-corrected chi connectivity index (χ2v) is 6.80. The van der Waals surface area contributed by atoms with Gasteiger partial charge in [0.15, 0.2) is 11.9 Å². The lowest BCUT2D eigenvalue weighted by molar-refractivity contribution is -0.244. The maximum Gasteiger partial charge on any atom is 0.187 e. The van der Waals surface area contributed by atoms with Crippen molar-refractivity contribution in [3.05, 3.63) is 35.9 Å². The molecule has 3 rings (SSSR count). The van der Waals surface area contributed by atoms with Gasteiger partial charge in [-0.05, 0) is 12.0 Å².